The van der Waals surface area contributed by atoms with E-state index in [9.17, 15) is 23.7 Å². The Hall–Kier alpha value is -3.23. The molecule has 0 aliphatic rings. The lowest BCUT2D eigenvalue weighted by Gasteiger charge is -2.12. The molecule has 0 amide bonds. The predicted molar refractivity (Wildman–Crippen MR) is 73.2 cm³/mol. The first-order valence-corrected chi connectivity index (χ1v) is 6.12. The maximum atomic E-state index is 12.4. The zero-order valence-corrected chi connectivity index (χ0v) is 11.3. The molecule has 0 atom stereocenters. The number of carboxylic acid groups (broad SMARTS) is 1. The third-order valence-electron chi connectivity index (χ3n) is 2.69. The average Bonchev–Trinajstić information content (AvgIpc) is 2.48. The van der Waals surface area contributed by atoms with E-state index < -0.39 is 28.9 Å². The largest absolute Gasteiger partial charge is 0.478 e. The molecule has 0 aliphatic heterocycles. The van der Waals surface area contributed by atoms with E-state index in [0.717, 1.165) is 24.3 Å². The molecule has 1 N–H and O–H groups in total. The number of ether oxygens (including phenoxy) is 2. The van der Waals surface area contributed by atoms with Crippen LogP contribution in [0.1, 0.15) is 10.4 Å². The van der Waals surface area contributed by atoms with Crippen LogP contribution < -0.4 is 9.47 Å². The number of alkyl halides is 2. The molecule has 2 aromatic rings. The van der Waals surface area contributed by atoms with E-state index in [2.05, 4.69) is 4.74 Å². The van der Waals surface area contributed by atoms with Gasteiger partial charge in [0, 0.05) is 6.07 Å². The average molecular weight is 325 g/mol. The Kier molecular flexibility index (Phi) is 4.69. The monoisotopic (exact) mass is 325 g/mol. The quantitative estimate of drug-likeness (QED) is 0.642. The summed E-state index contributed by atoms with van der Waals surface area (Å²) in [5.74, 6) is -2.37. The molecule has 0 saturated carbocycles. The summed E-state index contributed by atoms with van der Waals surface area (Å²) in [6.07, 6.45) is 0. The standard InChI is InChI=1S/C14H9F2NO6/c15-14(16)23-11-6-5-8(13(18)19)7-12(11)22-10-4-2-1-3-9(10)17(20)21/h1-7,14H,(H,18,19). The van der Waals surface area contributed by atoms with Crippen LogP contribution >= 0.6 is 0 Å². The van der Waals surface area contributed by atoms with Gasteiger partial charge in [-0.1, -0.05) is 12.1 Å². The number of rotatable bonds is 6. The molecule has 0 saturated heterocycles. The number of carbonyl (C=O) groups is 1. The highest BCUT2D eigenvalue weighted by molar-refractivity contribution is 5.88. The van der Waals surface area contributed by atoms with E-state index in [1.165, 1.54) is 18.2 Å². The molecule has 0 unspecified atom stereocenters. The van der Waals surface area contributed by atoms with E-state index in [0.29, 0.717) is 0 Å². The second-order valence-electron chi connectivity index (χ2n) is 4.17. The van der Waals surface area contributed by atoms with Crippen molar-refractivity contribution in [1.82, 2.24) is 0 Å². The maximum absolute atomic E-state index is 12.4. The number of halogens is 2. The van der Waals surface area contributed by atoms with Gasteiger partial charge in [0.1, 0.15) is 0 Å². The third kappa shape index (κ3) is 3.90. The SMILES string of the molecule is O=C(O)c1ccc(OC(F)F)c(Oc2ccccc2[N+](=O)[O-])c1. The number of hydrogen-bond acceptors (Lipinski definition) is 5. The van der Waals surface area contributed by atoms with Crippen molar-refractivity contribution in [3.8, 4) is 17.2 Å². The summed E-state index contributed by atoms with van der Waals surface area (Å²) < 4.78 is 34.3. The van der Waals surface area contributed by atoms with Gasteiger partial charge in [0.15, 0.2) is 11.5 Å². The number of benzene rings is 2. The van der Waals surface area contributed by atoms with E-state index in [1.54, 1.807) is 0 Å². The molecule has 0 radical (unpaired) electrons. The molecule has 0 aromatic heterocycles. The topological polar surface area (TPSA) is 98.9 Å². The van der Waals surface area contributed by atoms with Crippen LogP contribution in [0.2, 0.25) is 0 Å². The second-order valence-corrected chi connectivity index (χ2v) is 4.17. The molecule has 0 bridgehead atoms. The third-order valence-corrected chi connectivity index (χ3v) is 2.69. The number of hydrogen-bond donors (Lipinski definition) is 1. The van der Waals surface area contributed by atoms with Crippen molar-refractivity contribution in [3.05, 3.63) is 58.1 Å². The fourth-order valence-electron chi connectivity index (χ4n) is 1.73. The maximum Gasteiger partial charge on any atom is 0.387 e. The number of nitrogens with zero attached hydrogens (tertiary/aromatic N) is 1. The molecule has 0 aliphatic carbocycles. The summed E-state index contributed by atoms with van der Waals surface area (Å²) in [4.78, 5) is 21.2. The molecule has 2 rings (SSSR count). The molecule has 0 fully saturated rings. The number of carboxylic acids is 1. The highest BCUT2D eigenvalue weighted by Crippen LogP contribution is 2.37. The lowest BCUT2D eigenvalue weighted by molar-refractivity contribution is -0.385. The fourth-order valence-corrected chi connectivity index (χ4v) is 1.73. The molecule has 0 heterocycles. The van der Waals surface area contributed by atoms with Gasteiger partial charge >= 0.3 is 18.3 Å². The molecule has 9 heteroatoms. The zero-order valence-electron chi connectivity index (χ0n) is 11.3. The summed E-state index contributed by atoms with van der Waals surface area (Å²) in [6.45, 7) is -3.17. The van der Waals surface area contributed by atoms with Gasteiger partial charge < -0.3 is 14.6 Å². The van der Waals surface area contributed by atoms with Gasteiger partial charge in [0.25, 0.3) is 0 Å². The van der Waals surface area contributed by atoms with Gasteiger partial charge in [-0.05, 0) is 24.3 Å². The van der Waals surface area contributed by atoms with Crippen molar-refractivity contribution in [2.45, 2.75) is 6.61 Å². The summed E-state index contributed by atoms with van der Waals surface area (Å²) in [5.41, 5.74) is -0.656. The Bertz CT molecular complexity index is 750. The van der Waals surface area contributed by atoms with Crippen LogP contribution in [0.5, 0.6) is 17.2 Å². The first-order chi connectivity index (χ1) is 10.9. The normalized spacial score (nSPS) is 10.4. The van der Waals surface area contributed by atoms with Crippen LogP contribution in [0.25, 0.3) is 0 Å². The minimum absolute atomic E-state index is 0.237. The minimum Gasteiger partial charge on any atom is -0.478 e. The zero-order chi connectivity index (χ0) is 17.0. The van der Waals surface area contributed by atoms with Crippen LogP contribution in [0, 0.1) is 10.1 Å². The Morgan fingerprint density at radius 1 is 1.13 bits per heavy atom. The van der Waals surface area contributed by atoms with Crippen LogP contribution in [0.4, 0.5) is 14.5 Å². The molecule has 7 nitrogen and oxygen atoms in total. The Balaban J connectivity index is 2.46. The Labute approximate surface area is 127 Å². The second kappa shape index (κ2) is 6.69. The first-order valence-electron chi connectivity index (χ1n) is 6.12. The number of nitro benzene ring substituents is 1. The van der Waals surface area contributed by atoms with Crippen molar-refractivity contribution < 1.29 is 33.1 Å². The van der Waals surface area contributed by atoms with Gasteiger partial charge in [0.2, 0.25) is 5.75 Å². The highest BCUT2D eigenvalue weighted by atomic mass is 19.3. The van der Waals surface area contributed by atoms with Crippen LogP contribution in [-0.4, -0.2) is 22.6 Å². The summed E-state index contributed by atoms with van der Waals surface area (Å²) in [7, 11) is 0. The van der Waals surface area contributed by atoms with Gasteiger partial charge in [-0.15, -0.1) is 0 Å². The molecular weight excluding hydrogens is 316 g/mol. The Morgan fingerprint density at radius 2 is 1.83 bits per heavy atom. The van der Waals surface area contributed by atoms with Crippen LogP contribution in [0.15, 0.2) is 42.5 Å². The van der Waals surface area contributed by atoms with E-state index >= 15 is 0 Å². The van der Waals surface area contributed by atoms with E-state index in [-0.39, 0.29) is 17.1 Å². The van der Waals surface area contributed by atoms with Crippen molar-refractivity contribution in [1.29, 1.82) is 0 Å². The molecular formula is C14H9F2NO6. The molecule has 2 aromatic carbocycles. The van der Waals surface area contributed by atoms with Gasteiger partial charge in [-0.2, -0.15) is 8.78 Å². The van der Waals surface area contributed by atoms with E-state index in [1.807, 2.05) is 0 Å². The molecule has 23 heavy (non-hydrogen) atoms. The van der Waals surface area contributed by atoms with Crippen molar-refractivity contribution >= 4 is 11.7 Å². The van der Waals surface area contributed by atoms with Gasteiger partial charge in [-0.3, -0.25) is 10.1 Å². The summed E-state index contributed by atoms with van der Waals surface area (Å²) in [5, 5.41) is 19.9. The summed E-state index contributed by atoms with van der Waals surface area (Å²) in [6, 6.07) is 8.22. The van der Waals surface area contributed by atoms with Gasteiger partial charge in [-0.25, -0.2) is 4.79 Å². The number of nitro groups is 1. The fraction of sp³-hybridized carbons (Fsp3) is 0.0714. The number of aromatic carboxylic acids is 1. The smallest absolute Gasteiger partial charge is 0.387 e. The lowest BCUT2D eigenvalue weighted by Crippen LogP contribution is -2.05. The molecule has 120 valence electrons. The first kappa shape index (κ1) is 16.1. The van der Waals surface area contributed by atoms with Crippen molar-refractivity contribution in [3.63, 3.8) is 0 Å². The predicted octanol–water partition coefficient (Wildman–Crippen LogP) is 3.69. The summed E-state index contributed by atoms with van der Waals surface area (Å²) >= 11 is 0. The Morgan fingerprint density at radius 3 is 2.43 bits per heavy atom. The van der Waals surface area contributed by atoms with Crippen LogP contribution in [0.3, 0.4) is 0 Å². The van der Waals surface area contributed by atoms with Crippen LogP contribution in [-0.2, 0) is 0 Å². The van der Waals surface area contributed by atoms with Crippen molar-refractivity contribution in [2.24, 2.45) is 0 Å². The number of para-hydroxylation sites is 2. The van der Waals surface area contributed by atoms with E-state index in [4.69, 9.17) is 9.84 Å². The lowest BCUT2D eigenvalue weighted by atomic mass is 10.2. The highest BCUT2D eigenvalue weighted by Gasteiger charge is 2.19. The molecule has 0 spiro atoms. The minimum atomic E-state index is -3.17. The van der Waals surface area contributed by atoms with Crippen molar-refractivity contribution in [2.75, 3.05) is 0 Å². The van der Waals surface area contributed by atoms with Gasteiger partial charge in [0.05, 0.1) is 10.5 Å².